The van der Waals surface area contributed by atoms with E-state index >= 15 is 0 Å². The van der Waals surface area contributed by atoms with Crippen LogP contribution in [0.25, 0.3) is 0 Å². The number of sulfonamides is 1. The number of carbonyl (C=O) groups is 2. The van der Waals surface area contributed by atoms with Crippen LogP contribution >= 0.6 is 0 Å². The summed E-state index contributed by atoms with van der Waals surface area (Å²) in [5.41, 5.74) is 3.27. The molecule has 2 amide bonds. The van der Waals surface area contributed by atoms with E-state index in [0.717, 1.165) is 44.1 Å². The van der Waals surface area contributed by atoms with Crippen molar-refractivity contribution in [3.63, 3.8) is 0 Å². The summed E-state index contributed by atoms with van der Waals surface area (Å²) >= 11 is 0. The van der Waals surface area contributed by atoms with Crippen LogP contribution in [0.3, 0.4) is 0 Å². The summed E-state index contributed by atoms with van der Waals surface area (Å²) in [4.78, 5) is 27.2. The van der Waals surface area contributed by atoms with Crippen molar-refractivity contribution in [1.29, 1.82) is 0 Å². The topological polar surface area (TPSA) is 95.6 Å². The second kappa shape index (κ2) is 11.2. The second-order valence-electron chi connectivity index (χ2n) is 9.53. The Morgan fingerprint density at radius 1 is 0.971 bits per heavy atom. The van der Waals surface area contributed by atoms with Crippen molar-refractivity contribution in [3.8, 4) is 0 Å². The summed E-state index contributed by atoms with van der Waals surface area (Å²) in [7, 11) is -3.71. The number of anilines is 1. The number of unbranched alkanes of at least 4 members (excludes halogenated alkanes) is 1. The highest BCUT2D eigenvalue weighted by molar-refractivity contribution is 7.92. The van der Waals surface area contributed by atoms with Crippen LogP contribution in [0.2, 0.25) is 0 Å². The van der Waals surface area contributed by atoms with Gasteiger partial charge in [0.25, 0.3) is 15.9 Å². The molecule has 2 N–H and O–H groups in total. The second-order valence-corrected chi connectivity index (χ2v) is 11.2. The number of nitrogens with zero attached hydrogens (tertiary/aromatic N) is 1. The fourth-order valence-corrected chi connectivity index (χ4v) is 5.94. The van der Waals surface area contributed by atoms with Crippen LogP contribution in [0.1, 0.15) is 66.9 Å². The maximum Gasteiger partial charge on any atom is 0.261 e. The van der Waals surface area contributed by atoms with Gasteiger partial charge in [0.15, 0.2) is 0 Å². The maximum atomic E-state index is 12.9. The highest BCUT2D eigenvalue weighted by Crippen LogP contribution is 2.26. The molecule has 1 aliphatic heterocycles. The number of benzene rings is 2. The molecular weight excluding hydrogens is 462 g/mol. The Labute approximate surface area is 208 Å². The fraction of sp³-hybridized carbons (Fsp3) is 0.481. The van der Waals surface area contributed by atoms with Crippen molar-refractivity contribution in [1.82, 2.24) is 10.2 Å². The van der Waals surface area contributed by atoms with Crippen LogP contribution in [0.4, 0.5) is 5.69 Å². The van der Waals surface area contributed by atoms with E-state index in [4.69, 9.17) is 0 Å². The molecule has 4 rings (SSSR count). The number of nitrogens with one attached hydrogen (secondary N) is 2. The van der Waals surface area contributed by atoms with Gasteiger partial charge in [0.05, 0.1) is 4.90 Å². The van der Waals surface area contributed by atoms with Gasteiger partial charge in [0.2, 0.25) is 5.91 Å². The lowest BCUT2D eigenvalue weighted by atomic mass is 9.92. The SMILES string of the molecule is CCCCNC(=O)C1CCN(C(=O)c2ccc(NS(=O)(=O)c3ccc4c(c3)CCCC4)cc2)CC1. The molecule has 0 aromatic heterocycles. The van der Waals surface area contributed by atoms with E-state index in [-0.39, 0.29) is 22.6 Å². The minimum absolute atomic E-state index is 0.0451. The van der Waals surface area contributed by atoms with Gasteiger partial charge in [-0.1, -0.05) is 19.4 Å². The largest absolute Gasteiger partial charge is 0.356 e. The van der Waals surface area contributed by atoms with Gasteiger partial charge in [0, 0.05) is 36.8 Å². The average Bonchev–Trinajstić information content (AvgIpc) is 2.88. The minimum atomic E-state index is -3.71. The Morgan fingerprint density at radius 2 is 1.66 bits per heavy atom. The number of fused-ring (bicyclic) bond motifs is 1. The molecule has 1 heterocycles. The summed E-state index contributed by atoms with van der Waals surface area (Å²) in [6, 6.07) is 11.9. The lowest BCUT2D eigenvalue weighted by molar-refractivity contribution is -0.126. The average molecular weight is 498 g/mol. The number of likely N-dealkylation sites (tertiary alicyclic amines) is 1. The quantitative estimate of drug-likeness (QED) is 0.536. The van der Waals surface area contributed by atoms with Crippen LogP contribution in [0.15, 0.2) is 47.4 Å². The fourth-order valence-electron chi connectivity index (χ4n) is 4.83. The Morgan fingerprint density at radius 3 is 2.34 bits per heavy atom. The number of amides is 2. The molecule has 8 heteroatoms. The predicted octanol–water partition coefficient (Wildman–Crippen LogP) is 4.13. The van der Waals surface area contributed by atoms with Crippen molar-refractivity contribution >= 4 is 27.5 Å². The third kappa shape index (κ3) is 6.23. The molecule has 0 atom stereocenters. The molecule has 2 aromatic carbocycles. The lowest BCUT2D eigenvalue weighted by Crippen LogP contribution is -2.43. The van der Waals surface area contributed by atoms with Gasteiger partial charge < -0.3 is 10.2 Å². The zero-order chi connectivity index (χ0) is 24.8. The zero-order valence-electron chi connectivity index (χ0n) is 20.4. The first-order valence-electron chi connectivity index (χ1n) is 12.7. The van der Waals surface area contributed by atoms with E-state index in [1.807, 2.05) is 6.07 Å². The smallest absolute Gasteiger partial charge is 0.261 e. The van der Waals surface area contributed by atoms with Crippen molar-refractivity contribution in [2.24, 2.45) is 5.92 Å². The van der Waals surface area contributed by atoms with Gasteiger partial charge in [-0.15, -0.1) is 0 Å². The molecular formula is C27H35N3O4S. The Bertz CT molecular complexity index is 1150. The molecule has 2 aliphatic rings. The minimum Gasteiger partial charge on any atom is -0.356 e. The van der Waals surface area contributed by atoms with E-state index in [9.17, 15) is 18.0 Å². The number of piperidine rings is 1. The molecule has 0 bridgehead atoms. The van der Waals surface area contributed by atoms with Gasteiger partial charge >= 0.3 is 0 Å². The van der Waals surface area contributed by atoms with E-state index in [1.165, 1.54) is 5.56 Å². The Balaban J connectivity index is 1.33. The molecule has 1 saturated heterocycles. The van der Waals surface area contributed by atoms with Crippen molar-refractivity contribution in [2.75, 3.05) is 24.4 Å². The van der Waals surface area contributed by atoms with Gasteiger partial charge in [0.1, 0.15) is 0 Å². The predicted molar refractivity (Wildman–Crippen MR) is 137 cm³/mol. The third-order valence-electron chi connectivity index (χ3n) is 7.00. The van der Waals surface area contributed by atoms with E-state index in [1.54, 1.807) is 41.3 Å². The summed E-state index contributed by atoms with van der Waals surface area (Å²) in [5.74, 6) is -0.0590. The zero-order valence-corrected chi connectivity index (χ0v) is 21.2. The monoisotopic (exact) mass is 497 g/mol. The molecule has 0 unspecified atom stereocenters. The first-order valence-corrected chi connectivity index (χ1v) is 14.2. The van der Waals surface area contributed by atoms with Crippen LogP contribution in [0, 0.1) is 5.92 Å². The Kier molecular flexibility index (Phi) is 8.11. The van der Waals surface area contributed by atoms with Gasteiger partial charge in [-0.25, -0.2) is 8.42 Å². The number of carbonyl (C=O) groups excluding carboxylic acids is 2. The first kappa shape index (κ1) is 25.2. The molecule has 188 valence electrons. The maximum absolute atomic E-state index is 12.9. The van der Waals surface area contributed by atoms with Gasteiger partial charge in [-0.2, -0.15) is 0 Å². The standard InChI is InChI=1S/C27H35N3O4S/c1-2-3-16-28-26(31)21-14-17-30(18-15-21)27(32)22-8-11-24(12-9-22)29-35(33,34)25-13-10-20-6-4-5-7-23(20)19-25/h8-13,19,21,29H,2-7,14-18H2,1H3,(H,28,31). The van der Waals surface area contributed by atoms with Gasteiger partial charge in [-0.3, -0.25) is 14.3 Å². The van der Waals surface area contributed by atoms with Crippen LogP contribution < -0.4 is 10.0 Å². The number of rotatable bonds is 8. The van der Waals surface area contributed by atoms with Crippen molar-refractivity contribution in [2.45, 2.75) is 63.2 Å². The van der Waals surface area contributed by atoms with Crippen molar-refractivity contribution < 1.29 is 18.0 Å². The molecule has 7 nitrogen and oxygen atoms in total. The number of hydrogen-bond acceptors (Lipinski definition) is 4. The molecule has 1 aliphatic carbocycles. The highest BCUT2D eigenvalue weighted by atomic mass is 32.2. The van der Waals surface area contributed by atoms with Crippen molar-refractivity contribution in [3.05, 3.63) is 59.2 Å². The summed E-state index contributed by atoms with van der Waals surface area (Å²) < 4.78 is 28.4. The number of aryl methyl sites for hydroxylation is 2. The molecule has 0 radical (unpaired) electrons. The summed E-state index contributed by atoms with van der Waals surface area (Å²) in [6.45, 7) is 3.87. The third-order valence-corrected chi connectivity index (χ3v) is 8.38. The highest BCUT2D eigenvalue weighted by Gasteiger charge is 2.27. The molecule has 35 heavy (non-hydrogen) atoms. The lowest BCUT2D eigenvalue weighted by Gasteiger charge is -2.31. The van der Waals surface area contributed by atoms with Crippen LogP contribution in [-0.4, -0.2) is 44.8 Å². The molecule has 1 fully saturated rings. The van der Waals surface area contributed by atoms with E-state index in [2.05, 4.69) is 17.0 Å². The number of hydrogen-bond donors (Lipinski definition) is 2. The summed E-state index contributed by atoms with van der Waals surface area (Å²) in [6.07, 6.45) is 7.48. The van der Waals surface area contributed by atoms with E-state index < -0.39 is 10.0 Å². The van der Waals surface area contributed by atoms with Gasteiger partial charge in [-0.05, 0) is 92.5 Å². The molecule has 2 aromatic rings. The van der Waals surface area contributed by atoms with Crippen LogP contribution in [0.5, 0.6) is 0 Å². The van der Waals surface area contributed by atoms with Crippen LogP contribution in [-0.2, 0) is 27.7 Å². The molecule has 0 spiro atoms. The first-order chi connectivity index (χ1) is 16.9. The normalized spacial score (nSPS) is 16.4. The molecule has 0 saturated carbocycles. The van der Waals surface area contributed by atoms with E-state index in [0.29, 0.717) is 43.7 Å². The Hall–Kier alpha value is -2.87. The summed E-state index contributed by atoms with van der Waals surface area (Å²) in [5, 5.41) is 2.98.